The highest BCUT2D eigenvalue weighted by Crippen LogP contribution is 2.31. The van der Waals surface area contributed by atoms with Crippen LogP contribution in [0.5, 0.6) is 0 Å². The van der Waals surface area contributed by atoms with Crippen LogP contribution in [0.4, 0.5) is 0 Å². The number of piperazine rings is 1. The molecule has 1 heterocycles. The van der Waals surface area contributed by atoms with Crippen LogP contribution in [-0.4, -0.2) is 48.7 Å². The summed E-state index contributed by atoms with van der Waals surface area (Å²) in [5.74, 6) is 0. The fraction of sp³-hybridized carbons (Fsp3) is 0.200. The van der Waals surface area contributed by atoms with Gasteiger partial charge in [-0.3, -0.25) is 4.90 Å². The van der Waals surface area contributed by atoms with E-state index < -0.39 is 0 Å². The molecule has 0 N–H and O–H groups in total. The second-order valence-electron chi connectivity index (χ2n) is 10.0. The van der Waals surface area contributed by atoms with Crippen molar-refractivity contribution in [3.63, 3.8) is 0 Å². The fourth-order valence-electron chi connectivity index (χ4n) is 5.44. The van der Waals surface area contributed by atoms with Crippen molar-refractivity contribution in [3.05, 3.63) is 156 Å². The quantitative estimate of drug-likeness (QED) is 0.273. The molecule has 3 heteroatoms. The topological polar surface area (TPSA) is 3.24 Å². The zero-order valence-electron chi connectivity index (χ0n) is 21.9. The molecule has 0 amide bonds. The van der Waals surface area contributed by atoms with E-state index in [0.29, 0.717) is 6.04 Å². The molecule has 1 saturated heterocycles. The Morgan fingerprint density at radius 2 is 0.921 bits per heavy atom. The predicted molar refractivity (Wildman–Crippen MR) is 157 cm³/mol. The minimum Gasteiger partial charge on any atom is -1.00 e. The molecule has 0 radical (unpaired) electrons. The first-order valence-corrected chi connectivity index (χ1v) is 13.4. The summed E-state index contributed by atoms with van der Waals surface area (Å²) in [5, 5.41) is 0. The van der Waals surface area contributed by atoms with Crippen LogP contribution in [0.15, 0.2) is 133 Å². The Morgan fingerprint density at radius 1 is 0.553 bits per heavy atom. The smallest absolute Gasteiger partial charge is 0.0980 e. The molecular formula is C35H37BrN2. The highest BCUT2D eigenvalue weighted by atomic mass is 79.9. The summed E-state index contributed by atoms with van der Waals surface area (Å²) >= 11 is 0. The largest absolute Gasteiger partial charge is 1.00 e. The van der Waals surface area contributed by atoms with Gasteiger partial charge < -0.3 is 21.5 Å². The lowest BCUT2D eigenvalue weighted by Crippen LogP contribution is -3.00. The van der Waals surface area contributed by atoms with E-state index in [1.165, 1.54) is 22.3 Å². The summed E-state index contributed by atoms with van der Waals surface area (Å²) in [7, 11) is 0. The average Bonchev–Trinajstić information content (AvgIpc) is 2.97. The lowest BCUT2D eigenvalue weighted by Gasteiger charge is -2.46. The number of nitrogens with zero attached hydrogens (tertiary/aromatic N) is 2. The molecule has 1 fully saturated rings. The van der Waals surface area contributed by atoms with Crippen LogP contribution in [-0.2, 0) is 0 Å². The van der Waals surface area contributed by atoms with Crippen molar-refractivity contribution in [2.24, 2.45) is 0 Å². The van der Waals surface area contributed by atoms with Crippen LogP contribution >= 0.6 is 0 Å². The van der Waals surface area contributed by atoms with E-state index in [-0.39, 0.29) is 17.0 Å². The molecule has 2 nitrogen and oxygen atoms in total. The number of hydrogen-bond acceptors (Lipinski definition) is 1. The zero-order chi connectivity index (χ0) is 25.2. The third kappa shape index (κ3) is 7.41. The summed E-state index contributed by atoms with van der Waals surface area (Å²) in [4.78, 5) is 2.68. The SMILES string of the molecule is C(=C\c1ccccc1)/C[N+]1(C/C=C/c2ccccc2)CCN(C(c2ccccc2)c2ccccc2)CC1.[Br-]. The molecule has 0 bridgehead atoms. The second kappa shape index (κ2) is 14.1. The third-order valence-corrected chi connectivity index (χ3v) is 7.52. The maximum absolute atomic E-state index is 2.68. The first-order chi connectivity index (χ1) is 18.3. The Bertz CT molecular complexity index is 1170. The minimum atomic E-state index is 0. The van der Waals surface area contributed by atoms with Gasteiger partial charge in [-0.05, 0) is 34.4 Å². The summed E-state index contributed by atoms with van der Waals surface area (Å²) in [5.41, 5.74) is 5.29. The molecule has 0 atom stereocenters. The van der Waals surface area contributed by atoms with Crippen molar-refractivity contribution in [2.75, 3.05) is 39.3 Å². The highest BCUT2D eigenvalue weighted by molar-refractivity contribution is 5.49. The van der Waals surface area contributed by atoms with Gasteiger partial charge in [-0.1, -0.05) is 133 Å². The van der Waals surface area contributed by atoms with Gasteiger partial charge in [-0.2, -0.15) is 0 Å². The number of rotatable bonds is 9. The van der Waals surface area contributed by atoms with Crippen molar-refractivity contribution in [3.8, 4) is 0 Å². The number of halogens is 1. The van der Waals surface area contributed by atoms with Gasteiger partial charge in [-0.25, -0.2) is 0 Å². The number of benzene rings is 4. The number of hydrogen-bond donors (Lipinski definition) is 0. The van der Waals surface area contributed by atoms with Gasteiger partial charge >= 0.3 is 0 Å². The first-order valence-electron chi connectivity index (χ1n) is 13.4. The van der Waals surface area contributed by atoms with Gasteiger partial charge in [0, 0.05) is 13.1 Å². The molecule has 0 saturated carbocycles. The molecule has 0 unspecified atom stereocenters. The van der Waals surface area contributed by atoms with Crippen molar-refractivity contribution >= 4 is 12.2 Å². The molecule has 0 aliphatic carbocycles. The molecule has 1 aliphatic rings. The van der Waals surface area contributed by atoms with Gasteiger partial charge in [0.2, 0.25) is 0 Å². The lowest BCUT2D eigenvalue weighted by atomic mass is 9.96. The van der Waals surface area contributed by atoms with Gasteiger partial charge in [0.05, 0.1) is 32.2 Å². The van der Waals surface area contributed by atoms with E-state index in [9.17, 15) is 0 Å². The Kier molecular flexibility index (Phi) is 10.3. The first kappa shape index (κ1) is 27.8. The summed E-state index contributed by atoms with van der Waals surface area (Å²) < 4.78 is 1.08. The summed E-state index contributed by atoms with van der Waals surface area (Å²) in [6, 6.07) is 43.6. The van der Waals surface area contributed by atoms with Gasteiger partial charge in [0.15, 0.2) is 0 Å². The Hall–Kier alpha value is -3.24. The van der Waals surface area contributed by atoms with E-state index in [1.54, 1.807) is 0 Å². The monoisotopic (exact) mass is 564 g/mol. The molecule has 0 spiro atoms. The molecule has 38 heavy (non-hydrogen) atoms. The molecule has 4 aromatic rings. The maximum atomic E-state index is 2.68. The minimum absolute atomic E-state index is 0. The molecule has 5 rings (SSSR count). The van der Waals surface area contributed by atoms with Crippen LogP contribution in [0.3, 0.4) is 0 Å². The maximum Gasteiger partial charge on any atom is 0.0980 e. The average molecular weight is 566 g/mol. The zero-order valence-corrected chi connectivity index (χ0v) is 23.5. The molecule has 194 valence electrons. The van der Waals surface area contributed by atoms with E-state index >= 15 is 0 Å². The van der Waals surface area contributed by atoms with Crippen molar-refractivity contribution in [1.82, 2.24) is 4.90 Å². The van der Waals surface area contributed by atoms with Crippen LogP contribution in [0.25, 0.3) is 12.2 Å². The van der Waals surface area contributed by atoms with Crippen LogP contribution in [0.1, 0.15) is 28.3 Å². The Morgan fingerprint density at radius 3 is 1.32 bits per heavy atom. The van der Waals surface area contributed by atoms with E-state index in [2.05, 4.69) is 151 Å². The summed E-state index contributed by atoms with van der Waals surface area (Å²) in [6.45, 7) is 6.51. The fourth-order valence-corrected chi connectivity index (χ4v) is 5.44. The Balaban J connectivity index is 0.00000336. The highest BCUT2D eigenvalue weighted by Gasteiger charge is 2.34. The van der Waals surface area contributed by atoms with Crippen LogP contribution in [0.2, 0.25) is 0 Å². The van der Waals surface area contributed by atoms with Gasteiger partial charge in [-0.15, -0.1) is 0 Å². The van der Waals surface area contributed by atoms with E-state index in [1.807, 2.05) is 0 Å². The standard InChI is InChI=1S/C35H37N2.BrH/c1-5-15-31(16-6-1)19-13-27-37(28-14-20-32-17-7-2-8-18-32)29-25-36(26-30-37)35(33-21-9-3-10-22-33)34-23-11-4-12-24-34;/h1-24,35H,25-30H2;1H/q+1;/p-1/b19-13+,20-14+;. The van der Waals surface area contributed by atoms with Crippen LogP contribution in [0, 0.1) is 0 Å². The van der Waals surface area contributed by atoms with E-state index in [4.69, 9.17) is 0 Å². The Labute approximate surface area is 238 Å². The second-order valence-corrected chi connectivity index (χ2v) is 10.0. The molecular weight excluding hydrogens is 528 g/mol. The van der Waals surface area contributed by atoms with Crippen molar-refractivity contribution in [1.29, 1.82) is 0 Å². The number of quaternary nitrogens is 1. The van der Waals surface area contributed by atoms with Gasteiger partial charge in [0.1, 0.15) is 0 Å². The van der Waals surface area contributed by atoms with E-state index in [0.717, 1.165) is 43.8 Å². The van der Waals surface area contributed by atoms with Crippen molar-refractivity contribution in [2.45, 2.75) is 6.04 Å². The normalized spacial score (nSPS) is 15.6. The summed E-state index contributed by atoms with van der Waals surface area (Å²) in [6.07, 6.45) is 9.33. The lowest BCUT2D eigenvalue weighted by molar-refractivity contribution is -0.921. The van der Waals surface area contributed by atoms with Crippen LogP contribution < -0.4 is 17.0 Å². The van der Waals surface area contributed by atoms with Gasteiger partial charge in [0.25, 0.3) is 0 Å². The third-order valence-electron chi connectivity index (χ3n) is 7.52. The molecule has 0 aromatic heterocycles. The molecule has 1 aliphatic heterocycles. The molecule has 4 aromatic carbocycles. The van der Waals surface area contributed by atoms with Crippen molar-refractivity contribution < 1.29 is 21.5 Å². The predicted octanol–water partition coefficient (Wildman–Crippen LogP) is 4.34.